The molecule has 1 amide bonds. The third kappa shape index (κ3) is 10.3. The van der Waals surface area contributed by atoms with E-state index in [4.69, 9.17) is 5.11 Å². The first-order valence-corrected chi connectivity index (χ1v) is 11.2. The number of aliphatic hydroxyl groups is 2. The standard InChI is InChI=1S/C24H37N5O3/c1-27(19-24(32)28(2)14-8-5-11-23(31)20-30)15-16-29(17-21-9-3-6-12-25-21)18-22-10-4-7-13-26-22/h3-4,6-7,9-10,12-13,23,30-31H,5,8,11,14-20H2,1-2H3/t23-/m1/s1. The first-order chi connectivity index (χ1) is 15.5. The van der Waals surface area contributed by atoms with Crippen LogP contribution in [-0.2, 0) is 17.9 Å². The van der Waals surface area contributed by atoms with E-state index in [1.807, 2.05) is 55.4 Å². The molecule has 2 rings (SSSR count). The summed E-state index contributed by atoms with van der Waals surface area (Å²) in [5.41, 5.74) is 2.02. The Morgan fingerprint density at radius 2 is 1.56 bits per heavy atom. The molecule has 176 valence electrons. The molecule has 0 aliphatic heterocycles. The lowest BCUT2D eigenvalue weighted by Gasteiger charge is -2.26. The van der Waals surface area contributed by atoms with E-state index in [0.717, 1.165) is 50.4 Å². The first kappa shape index (κ1) is 25.9. The van der Waals surface area contributed by atoms with Crippen LogP contribution in [0.5, 0.6) is 0 Å². The molecule has 0 aliphatic carbocycles. The summed E-state index contributed by atoms with van der Waals surface area (Å²) in [4.78, 5) is 27.5. The predicted octanol–water partition coefficient (Wildman–Crippen LogP) is 1.39. The number of pyridine rings is 2. The zero-order valence-electron chi connectivity index (χ0n) is 19.3. The number of hydrogen-bond acceptors (Lipinski definition) is 7. The van der Waals surface area contributed by atoms with E-state index in [0.29, 0.717) is 19.5 Å². The molecular weight excluding hydrogens is 406 g/mol. The van der Waals surface area contributed by atoms with Crippen molar-refractivity contribution in [1.29, 1.82) is 0 Å². The number of amides is 1. The number of likely N-dealkylation sites (N-methyl/N-ethyl adjacent to an activating group) is 2. The van der Waals surface area contributed by atoms with Crippen molar-refractivity contribution in [1.82, 2.24) is 24.7 Å². The van der Waals surface area contributed by atoms with Crippen molar-refractivity contribution < 1.29 is 15.0 Å². The quantitative estimate of drug-likeness (QED) is 0.402. The highest BCUT2D eigenvalue weighted by Gasteiger charge is 2.14. The second-order valence-electron chi connectivity index (χ2n) is 8.24. The molecule has 0 aliphatic rings. The number of carbonyl (C=O) groups excluding carboxylic acids is 1. The van der Waals surface area contributed by atoms with E-state index in [9.17, 15) is 9.90 Å². The van der Waals surface area contributed by atoms with Crippen molar-refractivity contribution >= 4 is 5.91 Å². The maximum atomic E-state index is 12.5. The van der Waals surface area contributed by atoms with Crippen LogP contribution in [0, 0.1) is 0 Å². The second-order valence-corrected chi connectivity index (χ2v) is 8.24. The highest BCUT2D eigenvalue weighted by molar-refractivity contribution is 5.77. The van der Waals surface area contributed by atoms with Crippen LogP contribution in [0.4, 0.5) is 0 Å². The number of aliphatic hydroxyl groups excluding tert-OH is 2. The van der Waals surface area contributed by atoms with Crippen LogP contribution < -0.4 is 0 Å². The van der Waals surface area contributed by atoms with Gasteiger partial charge in [0.1, 0.15) is 0 Å². The van der Waals surface area contributed by atoms with Gasteiger partial charge >= 0.3 is 0 Å². The SMILES string of the molecule is CN(CCN(Cc1ccccn1)Cc1ccccn1)CC(=O)N(C)CCCC[C@@H](O)CO. The number of rotatable bonds is 15. The molecule has 0 spiro atoms. The van der Waals surface area contributed by atoms with Gasteiger partial charge in [-0.25, -0.2) is 0 Å². The van der Waals surface area contributed by atoms with E-state index >= 15 is 0 Å². The van der Waals surface area contributed by atoms with E-state index in [-0.39, 0.29) is 12.5 Å². The molecule has 2 heterocycles. The lowest BCUT2D eigenvalue weighted by molar-refractivity contribution is -0.130. The predicted molar refractivity (Wildman–Crippen MR) is 125 cm³/mol. The Morgan fingerprint density at radius 3 is 2.09 bits per heavy atom. The average molecular weight is 444 g/mol. The van der Waals surface area contributed by atoms with E-state index < -0.39 is 6.10 Å². The highest BCUT2D eigenvalue weighted by atomic mass is 16.3. The first-order valence-electron chi connectivity index (χ1n) is 11.2. The van der Waals surface area contributed by atoms with Gasteiger partial charge in [-0.3, -0.25) is 24.6 Å². The van der Waals surface area contributed by atoms with Crippen LogP contribution in [0.25, 0.3) is 0 Å². The van der Waals surface area contributed by atoms with Gasteiger partial charge in [0.25, 0.3) is 0 Å². The van der Waals surface area contributed by atoms with Crippen LogP contribution in [-0.4, -0.2) is 93.8 Å². The molecule has 1 atom stereocenters. The number of aromatic nitrogens is 2. The van der Waals surface area contributed by atoms with Gasteiger partial charge in [-0.2, -0.15) is 0 Å². The monoisotopic (exact) mass is 443 g/mol. The molecular formula is C24H37N5O3. The van der Waals surface area contributed by atoms with Gasteiger partial charge < -0.3 is 15.1 Å². The Bertz CT molecular complexity index is 721. The molecule has 0 unspecified atom stereocenters. The molecule has 0 bridgehead atoms. The molecule has 2 aromatic rings. The van der Waals surface area contributed by atoms with Gasteiger partial charge in [-0.1, -0.05) is 12.1 Å². The minimum Gasteiger partial charge on any atom is -0.394 e. The van der Waals surface area contributed by atoms with Crippen molar-refractivity contribution in [2.24, 2.45) is 0 Å². The fraction of sp³-hybridized carbons (Fsp3) is 0.542. The summed E-state index contributed by atoms with van der Waals surface area (Å²) < 4.78 is 0. The smallest absolute Gasteiger partial charge is 0.236 e. The summed E-state index contributed by atoms with van der Waals surface area (Å²) in [6.45, 7) is 3.78. The Balaban J connectivity index is 1.79. The van der Waals surface area contributed by atoms with Gasteiger partial charge in [0.15, 0.2) is 0 Å². The number of nitrogens with zero attached hydrogens (tertiary/aromatic N) is 5. The largest absolute Gasteiger partial charge is 0.394 e. The summed E-state index contributed by atoms with van der Waals surface area (Å²) >= 11 is 0. The van der Waals surface area contributed by atoms with Gasteiger partial charge in [0, 0.05) is 52.2 Å². The Kier molecular flexibility index (Phi) is 11.8. The minimum absolute atomic E-state index is 0.0798. The van der Waals surface area contributed by atoms with E-state index in [1.165, 1.54) is 0 Å². The van der Waals surface area contributed by atoms with Crippen LogP contribution in [0.15, 0.2) is 48.8 Å². The van der Waals surface area contributed by atoms with E-state index in [2.05, 4.69) is 14.9 Å². The molecule has 0 saturated carbocycles. The molecule has 0 saturated heterocycles. The summed E-state index contributed by atoms with van der Waals surface area (Å²) in [5, 5.41) is 18.2. The third-order valence-corrected chi connectivity index (χ3v) is 5.34. The number of hydrogen-bond donors (Lipinski definition) is 2. The maximum Gasteiger partial charge on any atom is 0.236 e. The molecule has 0 fully saturated rings. The topological polar surface area (TPSA) is 93.0 Å². The van der Waals surface area contributed by atoms with Gasteiger partial charge in [-0.15, -0.1) is 0 Å². The van der Waals surface area contributed by atoms with Crippen molar-refractivity contribution in [3.05, 3.63) is 60.2 Å². The average Bonchev–Trinajstić information content (AvgIpc) is 2.81. The lowest BCUT2D eigenvalue weighted by Crippen LogP contribution is -2.40. The van der Waals surface area contributed by atoms with Crippen molar-refractivity contribution in [3.8, 4) is 0 Å². The molecule has 0 radical (unpaired) electrons. The van der Waals surface area contributed by atoms with Crippen molar-refractivity contribution in [2.45, 2.75) is 38.5 Å². The molecule has 0 aromatic carbocycles. The zero-order chi connectivity index (χ0) is 23.2. The Labute approximate surface area is 191 Å². The van der Waals surface area contributed by atoms with Crippen LogP contribution in [0.2, 0.25) is 0 Å². The van der Waals surface area contributed by atoms with Gasteiger partial charge in [0.2, 0.25) is 5.91 Å². The third-order valence-electron chi connectivity index (χ3n) is 5.34. The van der Waals surface area contributed by atoms with Crippen LogP contribution in [0.1, 0.15) is 30.7 Å². The fourth-order valence-corrected chi connectivity index (χ4v) is 3.34. The van der Waals surface area contributed by atoms with Crippen LogP contribution >= 0.6 is 0 Å². The normalized spacial score (nSPS) is 12.3. The number of unbranched alkanes of at least 4 members (excludes halogenated alkanes) is 1. The summed E-state index contributed by atoms with van der Waals surface area (Å²) in [6, 6.07) is 11.9. The fourth-order valence-electron chi connectivity index (χ4n) is 3.34. The lowest BCUT2D eigenvalue weighted by atomic mass is 10.1. The van der Waals surface area contributed by atoms with Crippen molar-refractivity contribution in [2.75, 3.05) is 46.9 Å². The zero-order valence-corrected chi connectivity index (χ0v) is 19.3. The number of carbonyl (C=O) groups is 1. The maximum absolute atomic E-state index is 12.5. The minimum atomic E-state index is -0.665. The Hall–Kier alpha value is -2.39. The Morgan fingerprint density at radius 1 is 0.938 bits per heavy atom. The summed E-state index contributed by atoms with van der Waals surface area (Å²) in [6.07, 6.45) is 5.10. The van der Waals surface area contributed by atoms with E-state index in [1.54, 1.807) is 17.3 Å². The second kappa shape index (κ2) is 14.6. The summed E-state index contributed by atoms with van der Waals surface area (Å²) in [7, 11) is 3.77. The van der Waals surface area contributed by atoms with Gasteiger partial charge in [0.05, 0.1) is 30.6 Å². The molecule has 2 N–H and O–H groups in total. The molecule has 8 nitrogen and oxygen atoms in total. The molecule has 2 aromatic heterocycles. The van der Waals surface area contributed by atoms with Crippen molar-refractivity contribution in [3.63, 3.8) is 0 Å². The summed E-state index contributed by atoms with van der Waals surface area (Å²) in [5.74, 6) is 0.0798. The highest BCUT2D eigenvalue weighted by Crippen LogP contribution is 2.07. The van der Waals surface area contributed by atoms with Crippen LogP contribution in [0.3, 0.4) is 0 Å². The van der Waals surface area contributed by atoms with Gasteiger partial charge in [-0.05, 0) is 50.6 Å². The molecule has 32 heavy (non-hydrogen) atoms. The molecule has 8 heteroatoms.